The molecule has 4 nitrogen and oxygen atoms in total. The maximum absolute atomic E-state index is 5.59. The van der Waals surface area contributed by atoms with Crippen LogP contribution in [0.25, 0.3) is 0 Å². The van der Waals surface area contributed by atoms with E-state index in [2.05, 4.69) is 12.2 Å². The van der Waals surface area contributed by atoms with Crippen molar-refractivity contribution in [2.75, 3.05) is 34.0 Å². The Kier molecular flexibility index (Phi) is 6.43. The molecular formula is C13H21NO3. The van der Waals surface area contributed by atoms with Crippen LogP contribution in [0.1, 0.15) is 6.92 Å². The van der Waals surface area contributed by atoms with Gasteiger partial charge in [0.2, 0.25) is 0 Å². The largest absolute Gasteiger partial charge is 0.497 e. The van der Waals surface area contributed by atoms with Crippen molar-refractivity contribution in [3.63, 3.8) is 0 Å². The van der Waals surface area contributed by atoms with Crippen LogP contribution in [0, 0.1) is 0 Å². The van der Waals surface area contributed by atoms with Crippen molar-refractivity contribution >= 4 is 0 Å². The molecule has 4 heteroatoms. The molecule has 0 saturated carbocycles. The third-order valence-electron chi connectivity index (χ3n) is 2.32. The van der Waals surface area contributed by atoms with Crippen molar-refractivity contribution in [2.45, 2.75) is 13.0 Å². The van der Waals surface area contributed by atoms with Crippen molar-refractivity contribution < 1.29 is 14.2 Å². The summed E-state index contributed by atoms with van der Waals surface area (Å²) >= 11 is 0. The number of ether oxygens (including phenoxy) is 3. The van der Waals surface area contributed by atoms with Gasteiger partial charge in [0.1, 0.15) is 18.1 Å². The van der Waals surface area contributed by atoms with E-state index in [-0.39, 0.29) is 0 Å². The van der Waals surface area contributed by atoms with Crippen LogP contribution >= 0.6 is 0 Å². The molecule has 0 amide bonds. The average molecular weight is 239 g/mol. The molecule has 0 radical (unpaired) electrons. The molecule has 0 fully saturated rings. The van der Waals surface area contributed by atoms with Crippen molar-refractivity contribution in [1.82, 2.24) is 5.32 Å². The SMILES string of the molecule is COCC(C)NCCOc1cccc(OC)c1. The third kappa shape index (κ3) is 5.56. The van der Waals surface area contributed by atoms with Gasteiger partial charge < -0.3 is 19.5 Å². The van der Waals surface area contributed by atoms with Gasteiger partial charge in [-0.2, -0.15) is 0 Å². The standard InChI is InChI=1S/C13H21NO3/c1-11(10-15-2)14-7-8-17-13-6-4-5-12(9-13)16-3/h4-6,9,11,14H,7-8,10H2,1-3H3. The van der Waals surface area contributed by atoms with E-state index in [4.69, 9.17) is 14.2 Å². The van der Waals surface area contributed by atoms with Crippen LogP contribution in [0.3, 0.4) is 0 Å². The second kappa shape index (κ2) is 7.92. The van der Waals surface area contributed by atoms with Gasteiger partial charge in [-0.3, -0.25) is 0 Å². The highest BCUT2D eigenvalue weighted by Crippen LogP contribution is 2.18. The molecule has 0 aliphatic heterocycles. The molecule has 0 heterocycles. The van der Waals surface area contributed by atoms with Gasteiger partial charge in [0.15, 0.2) is 0 Å². The molecule has 0 saturated heterocycles. The summed E-state index contributed by atoms with van der Waals surface area (Å²) in [6.45, 7) is 4.21. The van der Waals surface area contributed by atoms with Gasteiger partial charge in [0.05, 0.1) is 13.7 Å². The Bertz CT molecular complexity index is 317. The predicted molar refractivity (Wildman–Crippen MR) is 67.8 cm³/mol. The quantitative estimate of drug-likeness (QED) is 0.701. The first-order chi connectivity index (χ1) is 8.26. The first-order valence-corrected chi connectivity index (χ1v) is 5.75. The van der Waals surface area contributed by atoms with Gasteiger partial charge >= 0.3 is 0 Å². The molecular weight excluding hydrogens is 218 g/mol. The number of nitrogens with one attached hydrogen (secondary N) is 1. The van der Waals surface area contributed by atoms with Crippen LogP contribution in [-0.4, -0.2) is 40.0 Å². The summed E-state index contributed by atoms with van der Waals surface area (Å²) in [5.41, 5.74) is 0. The molecule has 1 atom stereocenters. The Morgan fingerprint density at radius 1 is 1.24 bits per heavy atom. The summed E-state index contributed by atoms with van der Waals surface area (Å²) < 4.78 is 15.7. The second-order valence-electron chi connectivity index (χ2n) is 3.84. The molecule has 0 aliphatic rings. The van der Waals surface area contributed by atoms with Gasteiger partial charge in [0, 0.05) is 25.8 Å². The van der Waals surface area contributed by atoms with E-state index in [1.807, 2.05) is 24.3 Å². The molecule has 96 valence electrons. The normalized spacial score (nSPS) is 12.2. The lowest BCUT2D eigenvalue weighted by molar-refractivity contribution is 0.169. The highest BCUT2D eigenvalue weighted by molar-refractivity contribution is 5.32. The summed E-state index contributed by atoms with van der Waals surface area (Å²) in [4.78, 5) is 0. The van der Waals surface area contributed by atoms with Crippen LogP contribution < -0.4 is 14.8 Å². The Morgan fingerprint density at radius 2 is 2.00 bits per heavy atom. The first kappa shape index (κ1) is 13.8. The summed E-state index contributed by atoms with van der Waals surface area (Å²) in [7, 11) is 3.35. The fourth-order valence-corrected chi connectivity index (χ4v) is 1.47. The van der Waals surface area contributed by atoms with E-state index in [1.165, 1.54) is 0 Å². The summed E-state index contributed by atoms with van der Waals surface area (Å²) in [5.74, 6) is 1.63. The molecule has 1 aromatic rings. The minimum atomic E-state index is 0.342. The fourth-order valence-electron chi connectivity index (χ4n) is 1.47. The number of rotatable bonds is 8. The monoisotopic (exact) mass is 239 g/mol. The molecule has 1 unspecified atom stereocenters. The molecule has 17 heavy (non-hydrogen) atoms. The maximum Gasteiger partial charge on any atom is 0.123 e. The van der Waals surface area contributed by atoms with E-state index >= 15 is 0 Å². The van der Waals surface area contributed by atoms with Crippen molar-refractivity contribution in [3.05, 3.63) is 24.3 Å². The molecule has 0 spiro atoms. The van der Waals surface area contributed by atoms with Crippen LogP contribution in [-0.2, 0) is 4.74 Å². The van der Waals surface area contributed by atoms with Crippen LogP contribution in [0.15, 0.2) is 24.3 Å². The zero-order valence-corrected chi connectivity index (χ0v) is 10.7. The van der Waals surface area contributed by atoms with Crippen LogP contribution in [0.2, 0.25) is 0 Å². The number of benzene rings is 1. The van der Waals surface area contributed by atoms with Crippen LogP contribution in [0.4, 0.5) is 0 Å². The summed E-state index contributed by atoms with van der Waals surface area (Å²) in [6.07, 6.45) is 0. The third-order valence-corrected chi connectivity index (χ3v) is 2.32. The molecule has 1 rings (SSSR count). The Labute approximate surface area is 103 Å². The predicted octanol–water partition coefficient (Wildman–Crippen LogP) is 1.70. The van der Waals surface area contributed by atoms with Crippen LogP contribution in [0.5, 0.6) is 11.5 Å². The summed E-state index contributed by atoms with van der Waals surface area (Å²) in [6, 6.07) is 7.94. The van der Waals surface area contributed by atoms with Gasteiger partial charge in [-0.15, -0.1) is 0 Å². The lowest BCUT2D eigenvalue weighted by Crippen LogP contribution is -2.33. The van der Waals surface area contributed by atoms with Crippen molar-refractivity contribution in [3.8, 4) is 11.5 Å². The molecule has 1 aromatic carbocycles. The molecule has 0 aliphatic carbocycles. The van der Waals surface area contributed by atoms with E-state index in [0.29, 0.717) is 19.3 Å². The molecule has 0 aromatic heterocycles. The highest BCUT2D eigenvalue weighted by atomic mass is 16.5. The van der Waals surface area contributed by atoms with Gasteiger partial charge in [-0.05, 0) is 19.1 Å². The topological polar surface area (TPSA) is 39.7 Å². The number of methoxy groups -OCH3 is 2. The highest BCUT2D eigenvalue weighted by Gasteiger charge is 2.00. The molecule has 1 N–H and O–H groups in total. The zero-order chi connectivity index (χ0) is 12.5. The first-order valence-electron chi connectivity index (χ1n) is 5.75. The Balaban J connectivity index is 2.21. The van der Waals surface area contributed by atoms with E-state index < -0.39 is 0 Å². The lowest BCUT2D eigenvalue weighted by Gasteiger charge is -2.13. The molecule has 0 bridgehead atoms. The average Bonchev–Trinajstić information content (AvgIpc) is 2.35. The minimum absolute atomic E-state index is 0.342. The maximum atomic E-state index is 5.59. The zero-order valence-electron chi connectivity index (χ0n) is 10.7. The lowest BCUT2D eigenvalue weighted by atomic mass is 10.3. The number of hydrogen-bond donors (Lipinski definition) is 1. The van der Waals surface area contributed by atoms with Gasteiger partial charge in [-0.1, -0.05) is 6.07 Å². The van der Waals surface area contributed by atoms with Gasteiger partial charge in [0.25, 0.3) is 0 Å². The smallest absolute Gasteiger partial charge is 0.123 e. The van der Waals surface area contributed by atoms with Crippen molar-refractivity contribution in [1.29, 1.82) is 0 Å². The van der Waals surface area contributed by atoms with Crippen molar-refractivity contribution in [2.24, 2.45) is 0 Å². The summed E-state index contributed by atoms with van der Waals surface area (Å²) in [5, 5.41) is 3.30. The Morgan fingerprint density at radius 3 is 2.71 bits per heavy atom. The van der Waals surface area contributed by atoms with E-state index in [1.54, 1.807) is 14.2 Å². The minimum Gasteiger partial charge on any atom is -0.497 e. The second-order valence-corrected chi connectivity index (χ2v) is 3.84. The van der Waals surface area contributed by atoms with E-state index in [9.17, 15) is 0 Å². The number of hydrogen-bond acceptors (Lipinski definition) is 4. The fraction of sp³-hybridized carbons (Fsp3) is 0.538. The van der Waals surface area contributed by atoms with Gasteiger partial charge in [-0.25, -0.2) is 0 Å². The van der Waals surface area contributed by atoms with E-state index in [0.717, 1.165) is 18.0 Å². The Hall–Kier alpha value is -1.26.